The van der Waals surface area contributed by atoms with Gasteiger partial charge in [0.25, 0.3) is 5.91 Å². The van der Waals surface area contributed by atoms with Gasteiger partial charge in [-0.3, -0.25) is 9.59 Å². The molecule has 39 heavy (non-hydrogen) atoms. The normalized spacial score (nSPS) is 12.7. The number of nitrogens with one attached hydrogen (secondary N) is 2. The van der Waals surface area contributed by atoms with E-state index >= 15 is 0 Å². The molecule has 2 unspecified atom stereocenters. The van der Waals surface area contributed by atoms with E-state index in [-0.39, 0.29) is 11.8 Å². The van der Waals surface area contributed by atoms with E-state index in [0.717, 1.165) is 42.4 Å². The first-order valence-corrected chi connectivity index (χ1v) is 13.7. The van der Waals surface area contributed by atoms with Crippen LogP contribution in [0.15, 0.2) is 42.5 Å². The maximum Gasteiger partial charge on any atom is 0.408 e. The predicted molar refractivity (Wildman–Crippen MR) is 155 cm³/mol. The minimum Gasteiger partial charge on any atom is -0.497 e. The molecule has 3 amide bonds. The van der Waals surface area contributed by atoms with Gasteiger partial charge < -0.3 is 25.0 Å². The van der Waals surface area contributed by atoms with Gasteiger partial charge in [0, 0.05) is 12.2 Å². The van der Waals surface area contributed by atoms with E-state index < -0.39 is 23.8 Å². The lowest BCUT2D eigenvalue weighted by Crippen LogP contribution is -2.51. The lowest BCUT2D eigenvalue weighted by molar-refractivity contribution is -0.140. The van der Waals surface area contributed by atoms with Gasteiger partial charge in [0.15, 0.2) is 0 Å². The number of ether oxygens (including phenoxy) is 2. The molecule has 2 rings (SSSR count). The molecule has 2 aromatic carbocycles. The second kappa shape index (κ2) is 14.6. The zero-order valence-electron chi connectivity index (χ0n) is 24.7. The highest BCUT2D eigenvalue weighted by atomic mass is 16.6. The molecule has 0 heterocycles. The quantitative estimate of drug-likeness (QED) is 0.308. The van der Waals surface area contributed by atoms with Gasteiger partial charge in [-0.15, -0.1) is 0 Å². The average Bonchev–Trinajstić information content (AvgIpc) is 2.86. The Morgan fingerprint density at radius 1 is 0.974 bits per heavy atom. The fourth-order valence-corrected chi connectivity index (χ4v) is 4.26. The summed E-state index contributed by atoms with van der Waals surface area (Å²) in [6.07, 6.45) is 3.05. The van der Waals surface area contributed by atoms with Gasteiger partial charge >= 0.3 is 6.09 Å². The van der Waals surface area contributed by atoms with Crippen molar-refractivity contribution in [3.63, 3.8) is 0 Å². The molecule has 8 heteroatoms. The van der Waals surface area contributed by atoms with Gasteiger partial charge in [-0.2, -0.15) is 0 Å². The van der Waals surface area contributed by atoms with Crippen LogP contribution in [0.1, 0.15) is 83.0 Å². The van der Waals surface area contributed by atoms with Crippen LogP contribution in [0.2, 0.25) is 0 Å². The summed E-state index contributed by atoms with van der Waals surface area (Å²) in [7, 11) is 1.58. The van der Waals surface area contributed by atoms with E-state index in [9.17, 15) is 14.4 Å². The Hall–Kier alpha value is -3.55. The van der Waals surface area contributed by atoms with Crippen molar-refractivity contribution < 1.29 is 23.9 Å². The highest BCUT2D eigenvalue weighted by Crippen LogP contribution is 2.29. The average molecular weight is 540 g/mol. The van der Waals surface area contributed by atoms with Crippen LogP contribution < -0.4 is 15.4 Å². The summed E-state index contributed by atoms with van der Waals surface area (Å²) < 4.78 is 10.6. The molecule has 214 valence electrons. The molecule has 0 aliphatic rings. The molecule has 0 fully saturated rings. The summed E-state index contributed by atoms with van der Waals surface area (Å²) in [6.45, 7) is 13.3. The number of rotatable bonds is 12. The van der Waals surface area contributed by atoms with Gasteiger partial charge in [0.1, 0.15) is 23.4 Å². The van der Waals surface area contributed by atoms with Crippen LogP contribution >= 0.6 is 0 Å². The Morgan fingerprint density at radius 2 is 1.64 bits per heavy atom. The smallest absolute Gasteiger partial charge is 0.408 e. The molecular formula is C31H45N3O5. The summed E-state index contributed by atoms with van der Waals surface area (Å²) in [5.41, 5.74) is 2.51. The summed E-state index contributed by atoms with van der Waals surface area (Å²) in [4.78, 5) is 41.9. The van der Waals surface area contributed by atoms with Crippen LogP contribution in [0.25, 0.3) is 0 Å². The third kappa shape index (κ3) is 9.93. The SMILES string of the molecule is CCCCCCN(C(=O)C(C)NC(=O)OC(C)(C)C)C(C(=O)Nc1ccc(OC)cc1)c1cc(C)ccc1C. The molecule has 0 aliphatic heterocycles. The third-order valence-electron chi connectivity index (χ3n) is 6.29. The highest BCUT2D eigenvalue weighted by Gasteiger charge is 2.35. The lowest BCUT2D eigenvalue weighted by atomic mass is 9.95. The van der Waals surface area contributed by atoms with Gasteiger partial charge in [-0.05, 0) is 83.4 Å². The molecule has 0 saturated heterocycles. The Bertz CT molecular complexity index is 1110. The van der Waals surface area contributed by atoms with Crippen molar-refractivity contribution in [1.82, 2.24) is 10.2 Å². The molecule has 0 spiro atoms. The Labute approximate surface area is 233 Å². The van der Waals surface area contributed by atoms with E-state index in [2.05, 4.69) is 17.6 Å². The maximum atomic E-state index is 13.9. The van der Waals surface area contributed by atoms with Crippen molar-refractivity contribution in [3.8, 4) is 5.75 Å². The molecule has 0 radical (unpaired) electrons. The highest BCUT2D eigenvalue weighted by molar-refractivity contribution is 5.99. The minimum absolute atomic E-state index is 0.331. The number of anilines is 1. The van der Waals surface area contributed by atoms with Crippen molar-refractivity contribution in [2.75, 3.05) is 19.0 Å². The summed E-state index contributed by atoms with van der Waals surface area (Å²) in [5.74, 6) is -0.0100. The fourth-order valence-electron chi connectivity index (χ4n) is 4.26. The van der Waals surface area contributed by atoms with E-state index in [1.165, 1.54) is 0 Å². The Morgan fingerprint density at radius 3 is 2.23 bits per heavy atom. The topological polar surface area (TPSA) is 97.0 Å². The molecular weight excluding hydrogens is 494 g/mol. The van der Waals surface area contributed by atoms with E-state index in [1.807, 2.05) is 32.0 Å². The van der Waals surface area contributed by atoms with Gasteiger partial charge in [0.05, 0.1) is 7.11 Å². The second-order valence-corrected chi connectivity index (χ2v) is 10.9. The van der Waals surface area contributed by atoms with Crippen LogP contribution in [0.5, 0.6) is 5.75 Å². The van der Waals surface area contributed by atoms with Crippen molar-refractivity contribution in [1.29, 1.82) is 0 Å². The predicted octanol–water partition coefficient (Wildman–Crippen LogP) is 6.31. The van der Waals surface area contributed by atoms with Crippen LogP contribution in [0.3, 0.4) is 0 Å². The number of alkyl carbamates (subject to hydrolysis) is 1. The van der Waals surface area contributed by atoms with Crippen LogP contribution in [0.4, 0.5) is 10.5 Å². The summed E-state index contributed by atoms with van der Waals surface area (Å²) in [5, 5.41) is 5.64. The molecule has 0 bridgehead atoms. The number of unbranched alkanes of at least 4 members (excludes halogenated alkanes) is 3. The number of methoxy groups -OCH3 is 1. The maximum absolute atomic E-state index is 13.9. The Kier molecular flexibility index (Phi) is 11.8. The molecule has 2 aromatic rings. The minimum atomic E-state index is -0.899. The first kappa shape index (κ1) is 31.7. The van der Waals surface area contributed by atoms with Gasteiger partial charge in [-0.25, -0.2) is 4.79 Å². The van der Waals surface area contributed by atoms with Crippen molar-refractivity contribution in [3.05, 3.63) is 59.2 Å². The summed E-state index contributed by atoms with van der Waals surface area (Å²) in [6, 6.07) is 11.2. The Balaban J connectivity index is 2.47. The zero-order chi connectivity index (χ0) is 29.2. The molecule has 2 N–H and O–H groups in total. The van der Waals surface area contributed by atoms with E-state index in [4.69, 9.17) is 9.47 Å². The lowest BCUT2D eigenvalue weighted by Gasteiger charge is -2.34. The standard InChI is InChI=1S/C31H45N3O5/c1-9-10-11-12-19-34(29(36)23(4)32-30(37)39-31(5,6)7)27(26-20-21(2)13-14-22(26)3)28(35)33-24-15-17-25(38-8)18-16-24/h13-18,20,23,27H,9-12,19H2,1-8H3,(H,32,37)(H,33,35). The largest absolute Gasteiger partial charge is 0.497 e. The van der Waals surface area contributed by atoms with E-state index in [0.29, 0.717) is 18.0 Å². The fraction of sp³-hybridized carbons (Fsp3) is 0.516. The molecule has 0 aliphatic carbocycles. The molecule has 2 atom stereocenters. The van der Waals surface area contributed by atoms with Gasteiger partial charge in [-0.1, -0.05) is 49.9 Å². The monoisotopic (exact) mass is 539 g/mol. The number of hydrogen-bond donors (Lipinski definition) is 2. The summed E-state index contributed by atoms with van der Waals surface area (Å²) >= 11 is 0. The van der Waals surface area contributed by atoms with Gasteiger partial charge in [0.2, 0.25) is 5.91 Å². The molecule has 0 aromatic heterocycles. The first-order valence-electron chi connectivity index (χ1n) is 13.7. The number of hydrogen-bond acceptors (Lipinski definition) is 5. The number of benzene rings is 2. The number of amides is 3. The number of carbonyl (C=O) groups excluding carboxylic acids is 3. The molecule has 0 saturated carbocycles. The number of carbonyl (C=O) groups is 3. The number of aryl methyl sites for hydroxylation is 2. The third-order valence-corrected chi connectivity index (χ3v) is 6.29. The van der Waals surface area contributed by atoms with Crippen LogP contribution in [-0.4, -0.2) is 48.1 Å². The molecule has 8 nitrogen and oxygen atoms in total. The van der Waals surface area contributed by atoms with Crippen LogP contribution in [0, 0.1) is 13.8 Å². The zero-order valence-corrected chi connectivity index (χ0v) is 24.7. The first-order chi connectivity index (χ1) is 18.4. The van der Waals surface area contributed by atoms with E-state index in [1.54, 1.807) is 64.0 Å². The van der Waals surface area contributed by atoms with Crippen molar-refractivity contribution in [2.45, 2.75) is 91.8 Å². The van der Waals surface area contributed by atoms with Crippen LogP contribution in [-0.2, 0) is 14.3 Å². The second-order valence-electron chi connectivity index (χ2n) is 10.9. The van der Waals surface area contributed by atoms with Crippen molar-refractivity contribution >= 4 is 23.6 Å². The van der Waals surface area contributed by atoms with Crippen molar-refractivity contribution in [2.24, 2.45) is 0 Å². The number of nitrogens with zero attached hydrogens (tertiary/aromatic N) is 1.